The lowest BCUT2D eigenvalue weighted by Gasteiger charge is -2.23. The Labute approximate surface area is 118 Å². The van der Waals surface area contributed by atoms with Crippen LogP contribution in [-0.4, -0.2) is 5.97 Å². The number of nitriles is 1. The first-order valence-electron chi connectivity index (χ1n) is 6.41. The van der Waals surface area contributed by atoms with Gasteiger partial charge >= 0.3 is 0 Å². The number of nitrogens with zero attached hydrogens (tertiary/aromatic N) is 1. The van der Waals surface area contributed by atoms with E-state index in [-0.39, 0.29) is 6.42 Å². The fourth-order valence-electron chi connectivity index (χ4n) is 2.37. The summed E-state index contributed by atoms with van der Waals surface area (Å²) in [6.45, 7) is 0. The van der Waals surface area contributed by atoms with E-state index >= 15 is 0 Å². The fourth-order valence-corrected chi connectivity index (χ4v) is 2.37. The normalized spacial score (nSPS) is 13.2. The van der Waals surface area contributed by atoms with Gasteiger partial charge in [0.05, 0.1) is 12.0 Å². The molecule has 2 aromatic rings. The van der Waals surface area contributed by atoms with Crippen molar-refractivity contribution in [3.05, 3.63) is 71.8 Å². The van der Waals surface area contributed by atoms with E-state index in [9.17, 15) is 15.2 Å². The SMILES string of the molecule is N#CC(c1ccccc1)C(CC(=O)[O-])c1ccccc1. The van der Waals surface area contributed by atoms with E-state index < -0.39 is 17.8 Å². The van der Waals surface area contributed by atoms with E-state index in [4.69, 9.17) is 0 Å². The second-order valence-electron chi connectivity index (χ2n) is 4.61. The lowest BCUT2D eigenvalue weighted by Crippen LogP contribution is -2.26. The summed E-state index contributed by atoms with van der Waals surface area (Å²) in [5.41, 5.74) is 1.66. The molecule has 0 spiro atoms. The van der Waals surface area contributed by atoms with Crippen LogP contribution in [0.25, 0.3) is 0 Å². The van der Waals surface area contributed by atoms with Crippen LogP contribution in [0.2, 0.25) is 0 Å². The molecule has 0 amide bonds. The lowest BCUT2D eigenvalue weighted by molar-refractivity contribution is -0.306. The number of carboxylic acid groups (broad SMARTS) is 1. The number of aliphatic carboxylic acids is 1. The van der Waals surface area contributed by atoms with Crippen molar-refractivity contribution in [1.82, 2.24) is 0 Å². The molecule has 2 rings (SSSR count). The summed E-state index contributed by atoms with van der Waals surface area (Å²) in [6.07, 6.45) is -0.170. The van der Waals surface area contributed by atoms with E-state index in [1.165, 1.54) is 0 Å². The maximum atomic E-state index is 11.0. The van der Waals surface area contributed by atoms with Crippen LogP contribution in [0.3, 0.4) is 0 Å². The summed E-state index contributed by atoms with van der Waals surface area (Å²) in [5.74, 6) is -2.06. The van der Waals surface area contributed by atoms with Gasteiger partial charge in [-0.2, -0.15) is 5.26 Å². The quantitative estimate of drug-likeness (QED) is 0.831. The minimum absolute atomic E-state index is 0.170. The molecule has 0 saturated heterocycles. The molecule has 3 nitrogen and oxygen atoms in total. The molecule has 2 unspecified atom stereocenters. The number of hydrogen-bond donors (Lipinski definition) is 0. The molecule has 0 radical (unpaired) electrons. The predicted molar refractivity (Wildman–Crippen MR) is 73.6 cm³/mol. The van der Waals surface area contributed by atoms with Gasteiger partial charge in [0.25, 0.3) is 0 Å². The molecule has 0 aromatic heterocycles. The number of rotatable bonds is 5. The third kappa shape index (κ3) is 3.24. The van der Waals surface area contributed by atoms with Crippen molar-refractivity contribution in [2.24, 2.45) is 0 Å². The zero-order valence-corrected chi connectivity index (χ0v) is 10.9. The van der Waals surface area contributed by atoms with E-state index in [1.54, 1.807) is 0 Å². The minimum Gasteiger partial charge on any atom is -0.550 e. The molecule has 0 aliphatic rings. The molecule has 0 aliphatic carbocycles. The lowest BCUT2D eigenvalue weighted by atomic mass is 9.80. The highest BCUT2D eigenvalue weighted by Gasteiger charge is 2.24. The van der Waals surface area contributed by atoms with Gasteiger partial charge < -0.3 is 9.90 Å². The van der Waals surface area contributed by atoms with Crippen LogP contribution in [0.1, 0.15) is 29.4 Å². The Morgan fingerprint density at radius 3 is 1.95 bits per heavy atom. The minimum atomic E-state index is -1.14. The van der Waals surface area contributed by atoms with Crippen LogP contribution in [0.15, 0.2) is 60.7 Å². The molecular formula is C17H14NO2-. The standard InChI is InChI=1S/C17H15NO2/c18-12-16(14-9-5-2-6-10-14)15(11-17(19)20)13-7-3-1-4-8-13/h1-10,15-16H,11H2,(H,19,20)/p-1. The third-order valence-corrected chi connectivity index (χ3v) is 3.31. The largest absolute Gasteiger partial charge is 0.550 e. The Morgan fingerprint density at radius 2 is 1.50 bits per heavy atom. The molecule has 20 heavy (non-hydrogen) atoms. The van der Waals surface area contributed by atoms with Crippen LogP contribution in [0.4, 0.5) is 0 Å². The van der Waals surface area contributed by atoms with Crippen molar-refractivity contribution in [3.63, 3.8) is 0 Å². The van der Waals surface area contributed by atoms with Crippen molar-refractivity contribution in [3.8, 4) is 6.07 Å². The first-order chi connectivity index (χ1) is 9.72. The molecule has 100 valence electrons. The number of carbonyl (C=O) groups excluding carboxylic acids is 1. The number of benzene rings is 2. The van der Waals surface area contributed by atoms with Gasteiger partial charge in [-0.05, 0) is 17.5 Å². The van der Waals surface area contributed by atoms with Crippen molar-refractivity contribution in [2.45, 2.75) is 18.3 Å². The highest BCUT2D eigenvalue weighted by molar-refractivity contribution is 5.66. The molecule has 0 heterocycles. The zero-order valence-electron chi connectivity index (χ0n) is 10.9. The Hall–Kier alpha value is -2.60. The summed E-state index contributed by atoms with van der Waals surface area (Å²) in [4.78, 5) is 11.0. The summed E-state index contributed by atoms with van der Waals surface area (Å²) >= 11 is 0. The predicted octanol–water partition coefficient (Wildman–Crippen LogP) is 2.22. The first-order valence-corrected chi connectivity index (χ1v) is 6.41. The summed E-state index contributed by atoms with van der Waals surface area (Å²) < 4.78 is 0. The van der Waals surface area contributed by atoms with Crippen molar-refractivity contribution < 1.29 is 9.90 Å². The van der Waals surface area contributed by atoms with Crippen LogP contribution < -0.4 is 5.11 Å². The Bertz CT molecular complexity index is 602. The third-order valence-electron chi connectivity index (χ3n) is 3.31. The van der Waals surface area contributed by atoms with Crippen LogP contribution >= 0.6 is 0 Å². The number of hydrogen-bond acceptors (Lipinski definition) is 3. The summed E-state index contributed by atoms with van der Waals surface area (Å²) in [7, 11) is 0. The van der Waals surface area contributed by atoms with Gasteiger partial charge in [-0.3, -0.25) is 0 Å². The van der Waals surface area contributed by atoms with E-state index in [1.807, 2.05) is 60.7 Å². The maximum absolute atomic E-state index is 11.0. The molecule has 2 atom stereocenters. The van der Waals surface area contributed by atoms with Gasteiger partial charge in [0.1, 0.15) is 0 Å². The molecule has 2 aromatic carbocycles. The second kappa shape index (κ2) is 6.53. The molecule has 0 saturated carbocycles. The number of carboxylic acids is 1. The molecule has 3 heteroatoms. The molecule has 0 N–H and O–H groups in total. The Morgan fingerprint density at radius 1 is 1.00 bits per heavy atom. The van der Waals surface area contributed by atoms with Gasteiger partial charge in [-0.25, -0.2) is 0 Å². The van der Waals surface area contributed by atoms with Crippen LogP contribution in [-0.2, 0) is 4.79 Å². The van der Waals surface area contributed by atoms with Crippen LogP contribution in [0, 0.1) is 11.3 Å². The average Bonchev–Trinajstić information content (AvgIpc) is 2.49. The number of carbonyl (C=O) groups is 1. The first kappa shape index (κ1) is 13.8. The smallest absolute Gasteiger partial charge is 0.0784 e. The van der Waals surface area contributed by atoms with Gasteiger partial charge in [0, 0.05) is 11.9 Å². The van der Waals surface area contributed by atoms with Crippen molar-refractivity contribution in [1.29, 1.82) is 5.26 Å². The topological polar surface area (TPSA) is 63.9 Å². The molecule has 0 aliphatic heterocycles. The van der Waals surface area contributed by atoms with Crippen molar-refractivity contribution in [2.75, 3.05) is 0 Å². The zero-order chi connectivity index (χ0) is 14.4. The Balaban J connectivity index is 2.40. The van der Waals surface area contributed by atoms with Crippen molar-refractivity contribution >= 4 is 5.97 Å². The van der Waals surface area contributed by atoms with Gasteiger partial charge in [0.2, 0.25) is 0 Å². The Kier molecular flexibility index (Phi) is 4.52. The fraction of sp³-hybridized carbons (Fsp3) is 0.176. The molecule has 0 bridgehead atoms. The average molecular weight is 264 g/mol. The second-order valence-corrected chi connectivity index (χ2v) is 4.61. The monoisotopic (exact) mass is 264 g/mol. The van der Waals surface area contributed by atoms with E-state index in [2.05, 4.69) is 6.07 Å². The van der Waals surface area contributed by atoms with Gasteiger partial charge in [-0.15, -0.1) is 0 Å². The maximum Gasteiger partial charge on any atom is 0.0784 e. The summed E-state index contributed by atoms with van der Waals surface area (Å²) in [6, 6.07) is 20.7. The summed E-state index contributed by atoms with van der Waals surface area (Å²) in [5, 5.41) is 20.5. The highest BCUT2D eigenvalue weighted by Crippen LogP contribution is 2.34. The van der Waals surface area contributed by atoms with Gasteiger partial charge in [0.15, 0.2) is 0 Å². The van der Waals surface area contributed by atoms with E-state index in [0.29, 0.717) is 0 Å². The molecular weight excluding hydrogens is 250 g/mol. The highest BCUT2D eigenvalue weighted by atomic mass is 16.4. The van der Waals surface area contributed by atoms with Crippen LogP contribution in [0.5, 0.6) is 0 Å². The van der Waals surface area contributed by atoms with Gasteiger partial charge in [-0.1, -0.05) is 60.7 Å². The van der Waals surface area contributed by atoms with E-state index in [0.717, 1.165) is 11.1 Å². The molecule has 0 fully saturated rings.